The average molecular weight is 140 g/mol. The number of unbranched alkanes of at least 4 members (excludes halogenated alkanes) is 4. The van der Waals surface area contributed by atoms with Gasteiger partial charge in [-0.2, -0.15) is 0 Å². The molecule has 0 aliphatic rings. The number of hydrogen-bond acceptors (Lipinski definition) is 1. The van der Waals surface area contributed by atoms with Crippen LogP contribution in [0.25, 0.3) is 0 Å². The third-order valence-corrected chi connectivity index (χ3v) is 1.41. The highest BCUT2D eigenvalue weighted by Crippen LogP contribution is 2.02. The zero-order valence-electron chi connectivity index (χ0n) is 7.60. The molecule has 1 heteroatoms. The van der Waals surface area contributed by atoms with Gasteiger partial charge in [0.2, 0.25) is 6.29 Å². The Bertz CT molecular complexity index is 99.7. The summed E-state index contributed by atoms with van der Waals surface area (Å²) in [5, 5.41) is 0. The molecule has 0 amide bonds. The Morgan fingerprint density at radius 1 is 1.40 bits per heavy atom. The molecule has 1 radical (unpaired) electrons. The summed E-state index contributed by atoms with van der Waals surface area (Å²) < 4.78 is 0. The first-order valence-corrected chi connectivity index (χ1v) is 3.94. The first-order valence-electron chi connectivity index (χ1n) is 3.94. The van der Waals surface area contributed by atoms with E-state index in [1.165, 1.54) is 31.8 Å². The third kappa shape index (κ3) is 7.41. The van der Waals surface area contributed by atoms with Crippen LogP contribution < -0.4 is 0 Å². The minimum absolute atomic E-state index is 0. The van der Waals surface area contributed by atoms with E-state index in [0.29, 0.717) is 0 Å². The maximum absolute atomic E-state index is 9.68. The molecular weight excluding hydrogens is 124 g/mol. The molecule has 0 N–H and O–H groups in total. The molecule has 57 valence electrons. The summed E-state index contributed by atoms with van der Waals surface area (Å²) in [4.78, 5) is 9.68. The van der Waals surface area contributed by atoms with Crippen LogP contribution in [0.1, 0.15) is 40.5 Å². The molecule has 10 heavy (non-hydrogen) atoms. The van der Waals surface area contributed by atoms with E-state index in [1.54, 1.807) is 6.29 Å². The quantitative estimate of drug-likeness (QED) is 0.409. The van der Waals surface area contributed by atoms with Gasteiger partial charge < -0.3 is 0 Å². The standard InChI is InChI=1S/C9H15O/c1-2-3-4-5-6-7-8-9-10/h7-8H,2-6H2,1H3/p+1. The molecule has 0 rings (SSSR count). The second kappa shape index (κ2) is 8.41. The van der Waals surface area contributed by atoms with Crippen LogP contribution >= 0.6 is 0 Å². The van der Waals surface area contributed by atoms with Gasteiger partial charge in [0.25, 0.3) is 0 Å². The van der Waals surface area contributed by atoms with Crippen molar-refractivity contribution in [2.75, 3.05) is 0 Å². The van der Waals surface area contributed by atoms with E-state index in [0.717, 1.165) is 6.42 Å². The van der Waals surface area contributed by atoms with E-state index in [2.05, 4.69) is 6.92 Å². The summed E-state index contributed by atoms with van der Waals surface area (Å²) in [7, 11) is 0. The summed E-state index contributed by atoms with van der Waals surface area (Å²) in [6.45, 7) is 2.19. The zero-order valence-corrected chi connectivity index (χ0v) is 6.60. The Kier molecular flexibility index (Phi) is 7.91. The maximum atomic E-state index is 9.68. The fourth-order valence-corrected chi connectivity index (χ4v) is 0.820. The largest absolute Gasteiger partial charge is 1.00 e. The number of allylic oxidation sites excluding steroid dienone is 2. The monoisotopic (exact) mass is 140 g/mol. The van der Waals surface area contributed by atoms with Crippen LogP contribution in [0.2, 0.25) is 0 Å². The predicted octanol–water partition coefficient (Wildman–Crippen LogP) is 2.74. The van der Waals surface area contributed by atoms with Gasteiger partial charge in [-0.3, -0.25) is 4.79 Å². The predicted molar refractivity (Wildman–Crippen MR) is 44.7 cm³/mol. The van der Waals surface area contributed by atoms with Crippen LogP contribution in [0, 0.1) is 0 Å². The van der Waals surface area contributed by atoms with E-state index in [1.807, 2.05) is 6.08 Å². The lowest BCUT2D eigenvalue weighted by atomic mass is 10.1. The number of rotatable bonds is 6. The second-order valence-electron chi connectivity index (χ2n) is 2.37. The molecule has 0 atom stereocenters. The highest BCUT2D eigenvalue weighted by molar-refractivity contribution is 5.65. The molecule has 0 aliphatic heterocycles. The number of hydrogen-bond donors (Lipinski definition) is 0. The Balaban J connectivity index is 0. The molecule has 1 nitrogen and oxygen atoms in total. The second-order valence-corrected chi connectivity index (χ2v) is 2.37. The fourth-order valence-electron chi connectivity index (χ4n) is 0.820. The summed E-state index contributed by atoms with van der Waals surface area (Å²) in [5.74, 6) is 0. The van der Waals surface area contributed by atoms with Crippen LogP contribution in [0.5, 0.6) is 0 Å². The van der Waals surface area contributed by atoms with Crippen LogP contribution in [0.3, 0.4) is 0 Å². The Morgan fingerprint density at radius 2 is 2.20 bits per heavy atom. The van der Waals surface area contributed by atoms with E-state index >= 15 is 0 Å². The number of carbonyl (C=O) groups excluding carboxylic acids is 1. The lowest BCUT2D eigenvalue weighted by Crippen LogP contribution is -1.73. The lowest BCUT2D eigenvalue weighted by Gasteiger charge is -1.92. The Morgan fingerprint density at radius 3 is 2.80 bits per heavy atom. The molecule has 0 aromatic rings. The van der Waals surface area contributed by atoms with Crippen LogP contribution in [-0.4, -0.2) is 6.29 Å². The van der Waals surface area contributed by atoms with Crippen LogP contribution in [-0.2, 0) is 4.79 Å². The van der Waals surface area contributed by atoms with E-state index in [9.17, 15) is 4.79 Å². The topological polar surface area (TPSA) is 17.1 Å². The van der Waals surface area contributed by atoms with Crippen molar-refractivity contribution >= 4 is 6.29 Å². The van der Waals surface area contributed by atoms with E-state index < -0.39 is 0 Å². The SMILES string of the molecule is CCCCCCC=C[C]=O.[H+]. The van der Waals surface area contributed by atoms with Crippen LogP contribution in [0.15, 0.2) is 12.2 Å². The summed E-state index contributed by atoms with van der Waals surface area (Å²) in [6, 6.07) is 0. The molecule has 0 aromatic carbocycles. The van der Waals surface area contributed by atoms with Crippen molar-refractivity contribution in [2.24, 2.45) is 0 Å². The minimum Gasteiger partial charge on any atom is -0.286 e. The molecule has 0 saturated carbocycles. The molecule has 0 spiro atoms. The Hall–Kier alpha value is -0.590. The van der Waals surface area contributed by atoms with Gasteiger partial charge in [-0.1, -0.05) is 32.3 Å². The van der Waals surface area contributed by atoms with Crippen molar-refractivity contribution in [3.8, 4) is 0 Å². The van der Waals surface area contributed by atoms with Gasteiger partial charge in [-0.15, -0.1) is 0 Å². The van der Waals surface area contributed by atoms with Crippen molar-refractivity contribution in [1.29, 1.82) is 0 Å². The van der Waals surface area contributed by atoms with E-state index in [4.69, 9.17) is 0 Å². The molecule has 0 aromatic heterocycles. The van der Waals surface area contributed by atoms with Gasteiger partial charge in [0, 0.05) is 0 Å². The van der Waals surface area contributed by atoms with Gasteiger partial charge in [0.1, 0.15) is 0 Å². The third-order valence-electron chi connectivity index (χ3n) is 1.41. The smallest absolute Gasteiger partial charge is 0.286 e. The average Bonchev–Trinajstić information content (AvgIpc) is 1.97. The molecule has 0 saturated heterocycles. The van der Waals surface area contributed by atoms with Crippen molar-refractivity contribution in [3.63, 3.8) is 0 Å². The highest BCUT2D eigenvalue weighted by Gasteiger charge is 1.83. The van der Waals surface area contributed by atoms with Gasteiger partial charge in [0.05, 0.1) is 0 Å². The van der Waals surface area contributed by atoms with Gasteiger partial charge in [-0.25, -0.2) is 0 Å². The molecule has 0 heterocycles. The molecule has 0 unspecified atom stereocenters. The fraction of sp³-hybridized carbons (Fsp3) is 0.667. The van der Waals surface area contributed by atoms with Crippen molar-refractivity contribution in [2.45, 2.75) is 39.0 Å². The summed E-state index contributed by atoms with van der Waals surface area (Å²) >= 11 is 0. The Labute approximate surface area is 64.6 Å². The van der Waals surface area contributed by atoms with Crippen molar-refractivity contribution in [3.05, 3.63) is 12.2 Å². The summed E-state index contributed by atoms with van der Waals surface area (Å²) in [6.07, 6.45) is 11.1. The van der Waals surface area contributed by atoms with Gasteiger partial charge in [0.15, 0.2) is 0 Å². The van der Waals surface area contributed by atoms with Crippen molar-refractivity contribution in [1.82, 2.24) is 0 Å². The van der Waals surface area contributed by atoms with Crippen molar-refractivity contribution < 1.29 is 6.22 Å². The van der Waals surface area contributed by atoms with Crippen LogP contribution in [0.4, 0.5) is 0 Å². The molecule has 0 bridgehead atoms. The molecule has 0 aliphatic carbocycles. The van der Waals surface area contributed by atoms with E-state index in [-0.39, 0.29) is 1.43 Å². The first kappa shape index (κ1) is 9.41. The summed E-state index contributed by atoms with van der Waals surface area (Å²) in [5.41, 5.74) is 0. The molecule has 0 fully saturated rings. The first-order chi connectivity index (χ1) is 4.91. The zero-order chi connectivity index (χ0) is 7.66. The lowest BCUT2D eigenvalue weighted by molar-refractivity contribution is 0.564. The highest BCUT2D eigenvalue weighted by atomic mass is 16.1. The maximum Gasteiger partial charge on any atom is 1.00 e. The normalized spacial score (nSPS) is 10.5. The van der Waals surface area contributed by atoms with Gasteiger partial charge >= 0.3 is 1.43 Å². The van der Waals surface area contributed by atoms with Gasteiger partial charge in [-0.05, 0) is 18.9 Å². The minimum atomic E-state index is 0. The molecular formula is C9H16O+.